The molecule has 1 aliphatic heterocycles. The molecule has 0 bridgehead atoms. The van der Waals surface area contributed by atoms with E-state index in [2.05, 4.69) is 23.5 Å². The molecule has 0 atom stereocenters. The molecule has 10 heavy (non-hydrogen) atoms. The topological polar surface area (TPSA) is 15.6 Å². The molecule has 0 fully saturated rings. The van der Waals surface area contributed by atoms with Crippen LogP contribution in [-0.4, -0.2) is 11.1 Å². The van der Waals surface area contributed by atoms with Gasteiger partial charge in [-0.2, -0.15) is 0 Å². The van der Waals surface area contributed by atoms with Crippen LogP contribution in [0.4, 0.5) is 0 Å². The van der Waals surface area contributed by atoms with Crippen molar-refractivity contribution in [3.8, 4) is 12.0 Å². The summed E-state index contributed by atoms with van der Waals surface area (Å²) in [7, 11) is 0. The summed E-state index contributed by atoms with van der Waals surface area (Å²) in [6.07, 6.45) is 5.33. The predicted octanol–water partition coefficient (Wildman–Crippen LogP) is 1.34. The van der Waals surface area contributed by atoms with Crippen molar-refractivity contribution in [2.75, 3.05) is 0 Å². The van der Waals surface area contributed by atoms with E-state index in [-0.39, 0.29) is 0 Å². The second kappa shape index (κ2) is 2.88. The van der Waals surface area contributed by atoms with Crippen LogP contribution in [0.25, 0.3) is 0 Å². The molecular weight excluding hydrogens is 124 g/mol. The molecule has 0 spiro atoms. The zero-order valence-corrected chi connectivity index (χ0v) is 5.83. The van der Waals surface area contributed by atoms with Gasteiger partial charge in [0.15, 0.2) is 0 Å². The molecule has 1 aliphatic rings. The molecule has 0 aromatic heterocycles. The highest BCUT2D eigenvalue weighted by Gasteiger charge is 1.99. The van der Waals surface area contributed by atoms with Crippen molar-refractivity contribution in [3.63, 3.8) is 0 Å². The Labute approximate surface area is 60.6 Å². The number of hydrogen-bond acceptors (Lipinski definition) is 2. The minimum atomic E-state index is 0.664. The number of allylic oxidation sites excluding steroid dienone is 1. The Morgan fingerprint density at radius 2 is 2.50 bits per heavy atom. The molecule has 0 N–H and O–H groups in total. The number of aliphatic imine (C=N–C) groups is 1. The van der Waals surface area contributed by atoms with Crippen LogP contribution in [0.15, 0.2) is 29.7 Å². The van der Waals surface area contributed by atoms with Crippen LogP contribution in [0.2, 0.25) is 0 Å². The largest absolute Gasteiger partial charge is 0.261 e. The van der Waals surface area contributed by atoms with Gasteiger partial charge in [0.2, 0.25) is 0 Å². The van der Waals surface area contributed by atoms with Gasteiger partial charge >= 0.3 is 0 Å². The maximum Gasteiger partial charge on any atom is 0.136 e. The summed E-state index contributed by atoms with van der Waals surface area (Å²) in [5, 5.41) is 0. The fourth-order valence-corrected chi connectivity index (χ4v) is 0.624. The first-order valence-electron chi connectivity index (χ1n) is 2.96. The van der Waals surface area contributed by atoms with Crippen LogP contribution < -0.4 is 0 Å². The molecular formula is C8H8N2. The van der Waals surface area contributed by atoms with Gasteiger partial charge in [-0.05, 0) is 13.0 Å². The van der Waals surface area contributed by atoms with Crippen LogP contribution in [0.1, 0.15) is 6.92 Å². The highest BCUT2D eigenvalue weighted by Crippen LogP contribution is 2.04. The predicted molar refractivity (Wildman–Crippen MR) is 42.1 cm³/mol. The van der Waals surface area contributed by atoms with E-state index in [1.165, 1.54) is 0 Å². The molecule has 0 aliphatic carbocycles. The number of hydrogen-bond donors (Lipinski definition) is 0. The summed E-state index contributed by atoms with van der Waals surface area (Å²) in [5.41, 5.74) is 0. The molecule has 0 aromatic carbocycles. The van der Waals surface area contributed by atoms with E-state index in [1.54, 1.807) is 18.0 Å². The van der Waals surface area contributed by atoms with E-state index in [4.69, 9.17) is 0 Å². The SMILES string of the molecule is C=C1N=CC=CN1C#CC. The first kappa shape index (κ1) is 6.63. The zero-order chi connectivity index (χ0) is 7.40. The Morgan fingerprint density at radius 3 is 3.10 bits per heavy atom. The van der Waals surface area contributed by atoms with Gasteiger partial charge in [-0.25, -0.2) is 4.99 Å². The van der Waals surface area contributed by atoms with Gasteiger partial charge in [0, 0.05) is 18.5 Å². The summed E-state index contributed by atoms with van der Waals surface area (Å²) in [6, 6.07) is 2.82. The molecule has 0 amide bonds. The molecule has 0 unspecified atom stereocenters. The van der Waals surface area contributed by atoms with Crippen molar-refractivity contribution >= 4 is 6.21 Å². The van der Waals surface area contributed by atoms with Crippen molar-refractivity contribution in [2.45, 2.75) is 6.92 Å². The molecule has 0 radical (unpaired) electrons. The van der Waals surface area contributed by atoms with Crippen molar-refractivity contribution in [2.24, 2.45) is 4.99 Å². The lowest BCUT2D eigenvalue weighted by atomic mass is 10.5. The Morgan fingerprint density at radius 1 is 1.70 bits per heavy atom. The summed E-state index contributed by atoms with van der Waals surface area (Å²) in [6.45, 7) is 5.47. The van der Waals surface area contributed by atoms with Crippen LogP contribution in [-0.2, 0) is 0 Å². The highest BCUT2D eigenvalue weighted by atomic mass is 15.2. The Bertz CT molecular complexity index is 250. The summed E-state index contributed by atoms with van der Waals surface area (Å²) < 4.78 is 0. The smallest absolute Gasteiger partial charge is 0.136 e. The Kier molecular flexibility index (Phi) is 1.91. The maximum absolute atomic E-state index is 3.95. The van der Waals surface area contributed by atoms with Gasteiger partial charge in [-0.3, -0.25) is 4.90 Å². The van der Waals surface area contributed by atoms with Crippen LogP contribution in [0.3, 0.4) is 0 Å². The van der Waals surface area contributed by atoms with Gasteiger partial charge in [0.05, 0.1) is 0 Å². The summed E-state index contributed by atoms with van der Waals surface area (Å²) in [4.78, 5) is 5.63. The van der Waals surface area contributed by atoms with Gasteiger partial charge < -0.3 is 0 Å². The molecule has 0 saturated heterocycles. The fraction of sp³-hybridized carbons (Fsp3) is 0.125. The average molecular weight is 132 g/mol. The van der Waals surface area contributed by atoms with Gasteiger partial charge in [0.1, 0.15) is 5.82 Å². The maximum atomic E-state index is 3.95. The van der Waals surface area contributed by atoms with Crippen molar-refractivity contribution in [3.05, 3.63) is 24.7 Å². The highest BCUT2D eigenvalue weighted by molar-refractivity contribution is 5.73. The lowest BCUT2D eigenvalue weighted by Gasteiger charge is -2.12. The van der Waals surface area contributed by atoms with E-state index < -0.39 is 0 Å². The third kappa shape index (κ3) is 1.26. The molecule has 1 rings (SSSR count). The standard InChI is InChI=1S/C8H8N2/c1-3-6-10-7-4-5-9-8(10)2/h4-5,7H,2H2,1H3. The number of rotatable bonds is 0. The first-order chi connectivity index (χ1) is 4.84. The third-order valence-corrected chi connectivity index (χ3v) is 1.06. The zero-order valence-electron chi connectivity index (χ0n) is 5.83. The van der Waals surface area contributed by atoms with Crippen molar-refractivity contribution in [1.29, 1.82) is 0 Å². The normalized spacial score (nSPS) is 14.9. The third-order valence-electron chi connectivity index (χ3n) is 1.06. The Balaban J connectivity index is 2.77. The van der Waals surface area contributed by atoms with Crippen molar-refractivity contribution < 1.29 is 0 Å². The lowest BCUT2D eigenvalue weighted by Crippen LogP contribution is -2.09. The average Bonchev–Trinajstić information content (AvgIpc) is 1.94. The number of nitrogens with zero attached hydrogens (tertiary/aromatic N) is 2. The van der Waals surface area contributed by atoms with E-state index in [0.717, 1.165) is 0 Å². The fourth-order valence-electron chi connectivity index (χ4n) is 0.624. The molecule has 1 heterocycles. The second-order valence-corrected chi connectivity index (χ2v) is 1.77. The molecule has 0 aromatic rings. The van der Waals surface area contributed by atoms with E-state index in [1.807, 2.05) is 12.3 Å². The van der Waals surface area contributed by atoms with Gasteiger partial charge in [-0.1, -0.05) is 12.5 Å². The van der Waals surface area contributed by atoms with Gasteiger partial charge in [-0.15, -0.1) is 0 Å². The lowest BCUT2D eigenvalue weighted by molar-refractivity contribution is 0.653. The second-order valence-electron chi connectivity index (χ2n) is 1.77. The Hall–Kier alpha value is -1.49. The molecule has 2 nitrogen and oxygen atoms in total. The van der Waals surface area contributed by atoms with E-state index in [9.17, 15) is 0 Å². The van der Waals surface area contributed by atoms with Crippen molar-refractivity contribution in [1.82, 2.24) is 4.90 Å². The van der Waals surface area contributed by atoms with E-state index >= 15 is 0 Å². The monoisotopic (exact) mass is 132 g/mol. The minimum Gasteiger partial charge on any atom is -0.261 e. The van der Waals surface area contributed by atoms with Crippen LogP contribution >= 0.6 is 0 Å². The minimum absolute atomic E-state index is 0.664. The van der Waals surface area contributed by atoms with Crippen LogP contribution in [0, 0.1) is 12.0 Å². The summed E-state index contributed by atoms with van der Waals surface area (Å²) >= 11 is 0. The van der Waals surface area contributed by atoms with E-state index in [0.29, 0.717) is 5.82 Å². The first-order valence-corrected chi connectivity index (χ1v) is 2.96. The molecule has 50 valence electrons. The summed E-state index contributed by atoms with van der Waals surface area (Å²) in [5.74, 6) is 3.42. The molecule has 2 heteroatoms. The van der Waals surface area contributed by atoms with Crippen LogP contribution in [0.5, 0.6) is 0 Å². The van der Waals surface area contributed by atoms with Gasteiger partial charge in [0.25, 0.3) is 0 Å². The quantitative estimate of drug-likeness (QED) is 0.454. The molecule has 0 saturated carbocycles.